The van der Waals surface area contributed by atoms with Gasteiger partial charge in [-0.3, -0.25) is 4.99 Å². The summed E-state index contributed by atoms with van der Waals surface area (Å²) in [7, 11) is 0. The van der Waals surface area contributed by atoms with E-state index in [-0.39, 0.29) is 16.5 Å². The number of benzene rings is 2. The Hall–Kier alpha value is -2.51. The number of allylic oxidation sites excluding steroid dienone is 6. The zero-order valence-electron chi connectivity index (χ0n) is 70.0. The molecule has 2 rings (SSSR count). The number of hydrogen-bond donors (Lipinski definition) is 0. The van der Waals surface area contributed by atoms with E-state index >= 15 is 0 Å². The number of unbranched alkanes of at least 4 members (excludes halogenated alkanes) is 67. The molecule has 0 aliphatic rings. The van der Waals surface area contributed by atoms with Crippen LogP contribution >= 0.6 is 0 Å². The molecule has 103 heavy (non-hydrogen) atoms. The van der Waals surface area contributed by atoms with Gasteiger partial charge in [-0.1, -0.05) is 493 Å². The van der Waals surface area contributed by atoms with Crippen molar-refractivity contribution in [3.63, 3.8) is 0 Å². The number of aliphatic imine (C=N–C) groups is 2. The van der Waals surface area contributed by atoms with Gasteiger partial charge in [0.1, 0.15) is 0 Å². The number of nitrogens with zero attached hydrogens (tertiary/aromatic N) is 2. The molecule has 0 atom stereocenters. The Morgan fingerprint density at radius 1 is 0.223 bits per heavy atom. The third-order valence-electron chi connectivity index (χ3n) is 22.5. The number of rotatable bonds is 82. The summed E-state index contributed by atoms with van der Waals surface area (Å²) in [6.07, 6.45) is 120. The van der Waals surface area contributed by atoms with Crippen LogP contribution in [0.2, 0.25) is 0 Å². The third-order valence-corrected chi connectivity index (χ3v) is 22.5. The Morgan fingerprint density at radius 3 is 0.680 bits per heavy atom. The third kappa shape index (κ3) is 68.5. The van der Waals surface area contributed by atoms with Crippen LogP contribution in [-0.4, -0.2) is 11.4 Å². The predicted molar refractivity (Wildman–Crippen MR) is 466 cm³/mol. The minimum atomic E-state index is 0. The smallest absolute Gasteiger partial charge is 0.0848 e. The molecule has 0 spiro atoms. The van der Waals surface area contributed by atoms with Crippen molar-refractivity contribution in [2.45, 2.75) is 516 Å². The van der Waals surface area contributed by atoms with E-state index in [9.17, 15) is 0 Å². The van der Waals surface area contributed by atoms with E-state index in [1.165, 1.54) is 435 Å². The maximum atomic E-state index is 5.62. The molecular formula is C100H178N2Ni. The van der Waals surface area contributed by atoms with E-state index in [1.807, 2.05) is 0 Å². The van der Waals surface area contributed by atoms with E-state index in [0.29, 0.717) is 0 Å². The van der Waals surface area contributed by atoms with Gasteiger partial charge in [0.05, 0.1) is 22.8 Å². The number of hydrogen-bond acceptors (Lipinski definition) is 2. The normalized spacial score (nSPS) is 12.2. The van der Waals surface area contributed by atoms with Gasteiger partial charge in [0, 0.05) is 16.5 Å². The number of para-hydroxylation sites is 2. The maximum Gasteiger partial charge on any atom is 0.0848 e. The summed E-state index contributed by atoms with van der Waals surface area (Å²) in [6.45, 7) is 9.27. The van der Waals surface area contributed by atoms with Gasteiger partial charge in [0.2, 0.25) is 0 Å². The monoisotopic (exact) mass is 1470 g/mol. The Balaban J connectivity index is 0.0000530. The van der Waals surface area contributed by atoms with Crippen molar-refractivity contribution < 1.29 is 16.5 Å². The van der Waals surface area contributed by atoms with Crippen molar-refractivity contribution in [3.05, 3.63) is 96.1 Å². The standard InChI is InChI=1S/C100H178N2.Ni/c1-5-9-13-16-19-22-25-28-31-34-37-40-43-45-47-49-51-53-56-59-62-65-68-71-74-77-80-87-95-89-83-85-92-97(95)101-99(91-12-8-4)100(94-82-79-76-73-70-67-64-61-58-55-42-39-36-33-30-27-24-21-18-15-11-7-3)102-98-93-86-84-90-96(98)88-81-78-75-72-69-66-63-60-57-54-52-50-48-46-44-41-38-35-32-29-26-23-20-17-14-10-6-2;/h71-72,74-75,82-86,89-90,92-94H,5-70,73,76-81,87-88,91H2,1-4H3;. The first-order chi connectivity index (χ1) is 50.7. The largest absolute Gasteiger partial charge is 0.251 e. The molecule has 0 saturated heterocycles. The second-order valence-electron chi connectivity index (χ2n) is 32.5. The Morgan fingerprint density at radius 2 is 0.427 bits per heavy atom. The molecule has 3 heteroatoms. The molecule has 0 radical (unpaired) electrons. The van der Waals surface area contributed by atoms with Crippen LogP contribution in [0.4, 0.5) is 11.4 Å². The van der Waals surface area contributed by atoms with Gasteiger partial charge in [-0.2, -0.15) is 0 Å². The van der Waals surface area contributed by atoms with E-state index in [2.05, 4.69) is 113 Å². The van der Waals surface area contributed by atoms with Crippen LogP contribution < -0.4 is 0 Å². The molecule has 0 aliphatic carbocycles. The van der Waals surface area contributed by atoms with Crippen molar-refractivity contribution in [3.8, 4) is 0 Å². The molecule has 0 aliphatic heterocycles. The van der Waals surface area contributed by atoms with Gasteiger partial charge in [-0.25, -0.2) is 4.99 Å². The molecule has 0 fully saturated rings. The maximum absolute atomic E-state index is 5.62. The van der Waals surface area contributed by atoms with Crippen LogP contribution in [0, 0.1) is 0 Å². The van der Waals surface area contributed by atoms with Crippen molar-refractivity contribution in [2.75, 3.05) is 0 Å². The average Bonchev–Trinajstić information content (AvgIpc) is 0.848. The summed E-state index contributed by atoms with van der Waals surface area (Å²) in [5.41, 5.74) is 7.22. The first kappa shape index (κ1) is 98.5. The second-order valence-corrected chi connectivity index (χ2v) is 32.5. The fourth-order valence-corrected chi connectivity index (χ4v) is 15.5. The van der Waals surface area contributed by atoms with Crippen molar-refractivity contribution >= 4 is 22.8 Å². The minimum absolute atomic E-state index is 0. The molecule has 2 aromatic rings. The molecule has 0 unspecified atom stereocenters. The zero-order chi connectivity index (χ0) is 72.5. The first-order valence-electron chi connectivity index (χ1n) is 47.0. The second kappa shape index (κ2) is 83.5. The van der Waals surface area contributed by atoms with Gasteiger partial charge in [0.15, 0.2) is 0 Å². The molecule has 2 nitrogen and oxygen atoms in total. The zero-order valence-corrected chi connectivity index (χ0v) is 71.0. The van der Waals surface area contributed by atoms with E-state index in [0.717, 1.165) is 87.0 Å². The number of aryl methyl sites for hydroxylation is 2. The van der Waals surface area contributed by atoms with Crippen LogP contribution in [0.25, 0.3) is 0 Å². The topological polar surface area (TPSA) is 24.7 Å². The molecule has 0 aromatic heterocycles. The fourth-order valence-electron chi connectivity index (χ4n) is 15.5. The summed E-state index contributed by atoms with van der Waals surface area (Å²) in [4.78, 5) is 11.2. The van der Waals surface area contributed by atoms with E-state index in [4.69, 9.17) is 9.98 Å². The van der Waals surface area contributed by atoms with Gasteiger partial charge >= 0.3 is 0 Å². The SMILES string of the molecule is CCCCCCCCCCCCCCCCCCCCCCC=CC(=Nc1ccccc1CCCC=CCCCCCCCCCCCCCCCCCCCCCCCC)C(CCCC)=Nc1ccccc1CCCC=CCCCCCCCCCCCCCCCCCCCCCCCC.[Ni]. The van der Waals surface area contributed by atoms with Gasteiger partial charge in [-0.15, -0.1) is 0 Å². The Bertz CT molecular complexity index is 2140. The Kier molecular flexibility index (Phi) is 79.9. The summed E-state index contributed by atoms with van der Waals surface area (Å²) >= 11 is 0. The van der Waals surface area contributed by atoms with Crippen molar-refractivity contribution in [1.29, 1.82) is 0 Å². The molecule has 0 saturated carbocycles. The average molecular weight is 1470 g/mol. The molecule has 2 aromatic carbocycles. The molecule has 0 heterocycles. The van der Waals surface area contributed by atoms with Crippen molar-refractivity contribution in [1.82, 2.24) is 0 Å². The van der Waals surface area contributed by atoms with Gasteiger partial charge in [0.25, 0.3) is 0 Å². The summed E-state index contributed by atoms with van der Waals surface area (Å²) < 4.78 is 0. The van der Waals surface area contributed by atoms with Crippen LogP contribution in [0.5, 0.6) is 0 Å². The minimum Gasteiger partial charge on any atom is -0.251 e. The Labute approximate surface area is 656 Å². The first-order valence-corrected chi connectivity index (χ1v) is 47.0. The van der Waals surface area contributed by atoms with E-state index in [1.54, 1.807) is 0 Å². The summed E-state index contributed by atoms with van der Waals surface area (Å²) in [6, 6.07) is 18.0. The van der Waals surface area contributed by atoms with Crippen LogP contribution in [-0.2, 0) is 29.3 Å². The van der Waals surface area contributed by atoms with Gasteiger partial charge < -0.3 is 0 Å². The molecule has 0 N–H and O–H groups in total. The summed E-state index contributed by atoms with van der Waals surface area (Å²) in [5.74, 6) is 0. The van der Waals surface area contributed by atoms with E-state index < -0.39 is 0 Å². The van der Waals surface area contributed by atoms with Crippen LogP contribution in [0.3, 0.4) is 0 Å². The summed E-state index contributed by atoms with van der Waals surface area (Å²) in [5, 5.41) is 0. The molecule has 598 valence electrons. The molecule has 0 bridgehead atoms. The van der Waals surface area contributed by atoms with Crippen LogP contribution in [0.1, 0.15) is 514 Å². The van der Waals surface area contributed by atoms with Crippen LogP contribution in [0.15, 0.2) is 95.0 Å². The molecule has 0 amide bonds. The fraction of sp³-hybridized carbons (Fsp3) is 0.800. The predicted octanol–water partition coefficient (Wildman–Crippen LogP) is 36.2. The quantitative estimate of drug-likeness (QED) is 0.0273. The van der Waals surface area contributed by atoms with Crippen molar-refractivity contribution in [2.24, 2.45) is 9.98 Å². The molecular weight excluding hydrogens is 1290 g/mol. The van der Waals surface area contributed by atoms with Gasteiger partial charge in [-0.05, 0) is 119 Å².